The molecular weight excluding hydrogens is 226 g/mol. The standard InChI is InChI=1S/C15H31NO2/c1-5-7-17-8-9-18-15-13(4)10-12(3)11-14(15)16-6-2/h12-16H,5-11H2,1-4H3. The number of likely N-dealkylation sites (N-methyl/N-ethyl adjacent to an activating group) is 1. The average molecular weight is 257 g/mol. The molecule has 0 aliphatic heterocycles. The quantitative estimate of drug-likeness (QED) is 0.678. The third-order valence-corrected chi connectivity index (χ3v) is 3.74. The highest BCUT2D eigenvalue weighted by Gasteiger charge is 2.33. The minimum absolute atomic E-state index is 0.353. The molecule has 0 aromatic carbocycles. The Morgan fingerprint density at radius 2 is 1.83 bits per heavy atom. The van der Waals surface area contributed by atoms with Gasteiger partial charge in [-0.15, -0.1) is 0 Å². The Morgan fingerprint density at radius 1 is 1.06 bits per heavy atom. The van der Waals surface area contributed by atoms with E-state index in [9.17, 15) is 0 Å². The van der Waals surface area contributed by atoms with E-state index < -0.39 is 0 Å². The van der Waals surface area contributed by atoms with E-state index in [1.165, 1.54) is 12.8 Å². The zero-order valence-electron chi connectivity index (χ0n) is 12.6. The number of ether oxygens (including phenoxy) is 2. The smallest absolute Gasteiger partial charge is 0.0754 e. The zero-order chi connectivity index (χ0) is 13.4. The Hall–Kier alpha value is -0.120. The summed E-state index contributed by atoms with van der Waals surface area (Å²) in [7, 11) is 0. The monoisotopic (exact) mass is 257 g/mol. The Morgan fingerprint density at radius 3 is 2.50 bits per heavy atom. The van der Waals surface area contributed by atoms with Gasteiger partial charge in [-0.3, -0.25) is 0 Å². The van der Waals surface area contributed by atoms with Gasteiger partial charge in [0.25, 0.3) is 0 Å². The van der Waals surface area contributed by atoms with E-state index in [2.05, 4.69) is 33.0 Å². The summed E-state index contributed by atoms with van der Waals surface area (Å²) in [6.07, 6.45) is 3.95. The van der Waals surface area contributed by atoms with Crippen LogP contribution in [0, 0.1) is 11.8 Å². The topological polar surface area (TPSA) is 30.5 Å². The van der Waals surface area contributed by atoms with Crippen molar-refractivity contribution in [3.63, 3.8) is 0 Å². The Bertz CT molecular complexity index is 211. The molecule has 1 N–H and O–H groups in total. The highest BCUT2D eigenvalue weighted by molar-refractivity contribution is 4.88. The molecule has 1 saturated carbocycles. The van der Waals surface area contributed by atoms with Gasteiger partial charge in [0.2, 0.25) is 0 Å². The summed E-state index contributed by atoms with van der Waals surface area (Å²) < 4.78 is 11.5. The molecule has 1 rings (SSSR count). The average Bonchev–Trinajstić information content (AvgIpc) is 2.32. The first-order chi connectivity index (χ1) is 8.69. The fraction of sp³-hybridized carbons (Fsp3) is 1.00. The van der Waals surface area contributed by atoms with Crippen molar-refractivity contribution >= 4 is 0 Å². The minimum atomic E-state index is 0.353. The van der Waals surface area contributed by atoms with Crippen LogP contribution in [0.1, 0.15) is 47.0 Å². The molecule has 108 valence electrons. The molecule has 0 aromatic heterocycles. The van der Waals surface area contributed by atoms with Crippen molar-refractivity contribution in [2.45, 2.75) is 59.1 Å². The van der Waals surface area contributed by atoms with Gasteiger partial charge in [0.15, 0.2) is 0 Å². The summed E-state index contributed by atoms with van der Waals surface area (Å²) in [5, 5.41) is 3.58. The van der Waals surface area contributed by atoms with Crippen molar-refractivity contribution in [2.75, 3.05) is 26.4 Å². The lowest BCUT2D eigenvalue weighted by molar-refractivity contribution is -0.0573. The predicted molar refractivity (Wildman–Crippen MR) is 75.9 cm³/mol. The molecule has 0 saturated heterocycles. The van der Waals surface area contributed by atoms with Crippen LogP contribution in [0.15, 0.2) is 0 Å². The molecule has 1 aliphatic rings. The highest BCUT2D eigenvalue weighted by atomic mass is 16.5. The third-order valence-electron chi connectivity index (χ3n) is 3.74. The Labute approximate surface area is 113 Å². The SMILES string of the molecule is CCCOCCOC1C(C)CC(C)CC1NCC. The number of rotatable bonds is 8. The molecule has 0 radical (unpaired) electrons. The second-order valence-electron chi connectivity index (χ2n) is 5.67. The van der Waals surface area contributed by atoms with Gasteiger partial charge < -0.3 is 14.8 Å². The van der Waals surface area contributed by atoms with Crippen molar-refractivity contribution < 1.29 is 9.47 Å². The largest absolute Gasteiger partial charge is 0.379 e. The van der Waals surface area contributed by atoms with Gasteiger partial charge in [-0.25, -0.2) is 0 Å². The molecular formula is C15H31NO2. The van der Waals surface area contributed by atoms with Crippen LogP contribution in [-0.4, -0.2) is 38.5 Å². The lowest BCUT2D eigenvalue weighted by Crippen LogP contribution is -2.49. The second-order valence-corrected chi connectivity index (χ2v) is 5.67. The van der Waals surface area contributed by atoms with Crippen molar-refractivity contribution in [2.24, 2.45) is 11.8 Å². The first-order valence-electron chi connectivity index (χ1n) is 7.61. The number of hydrogen-bond acceptors (Lipinski definition) is 3. The van der Waals surface area contributed by atoms with Crippen LogP contribution in [0.3, 0.4) is 0 Å². The van der Waals surface area contributed by atoms with Crippen LogP contribution in [0.4, 0.5) is 0 Å². The summed E-state index contributed by atoms with van der Waals surface area (Å²) in [6, 6.07) is 0.514. The summed E-state index contributed by atoms with van der Waals surface area (Å²) in [4.78, 5) is 0. The molecule has 1 fully saturated rings. The third kappa shape index (κ3) is 5.25. The van der Waals surface area contributed by atoms with Crippen molar-refractivity contribution in [1.82, 2.24) is 5.32 Å². The molecule has 18 heavy (non-hydrogen) atoms. The summed E-state index contributed by atoms with van der Waals surface area (Å²) in [6.45, 7) is 12.3. The van der Waals surface area contributed by atoms with Gasteiger partial charge in [0.05, 0.1) is 19.3 Å². The van der Waals surface area contributed by atoms with Crippen LogP contribution < -0.4 is 5.32 Å². The van der Waals surface area contributed by atoms with E-state index in [0.29, 0.717) is 18.1 Å². The van der Waals surface area contributed by atoms with Gasteiger partial charge >= 0.3 is 0 Å². The van der Waals surface area contributed by atoms with Crippen LogP contribution in [0.2, 0.25) is 0 Å². The van der Waals surface area contributed by atoms with E-state index in [1.54, 1.807) is 0 Å². The van der Waals surface area contributed by atoms with Gasteiger partial charge in [0.1, 0.15) is 0 Å². The van der Waals surface area contributed by atoms with Crippen LogP contribution >= 0.6 is 0 Å². The molecule has 3 nitrogen and oxygen atoms in total. The maximum atomic E-state index is 6.07. The first-order valence-corrected chi connectivity index (χ1v) is 7.61. The molecule has 0 heterocycles. The lowest BCUT2D eigenvalue weighted by Gasteiger charge is -2.39. The molecule has 0 amide bonds. The van der Waals surface area contributed by atoms with E-state index >= 15 is 0 Å². The van der Waals surface area contributed by atoms with Crippen molar-refractivity contribution in [3.8, 4) is 0 Å². The van der Waals surface area contributed by atoms with Gasteiger partial charge in [-0.1, -0.05) is 27.7 Å². The van der Waals surface area contributed by atoms with Crippen molar-refractivity contribution in [3.05, 3.63) is 0 Å². The molecule has 0 aromatic rings. The summed E-state index contributed by atoms with van der Waals surface area (Å²) in [5.41, 5.74) is 0. The fourth-order valence-corrected chi connectivity index (χ4v) is 3.06. The summed E-state index contributed by atoms with van der Waals surface area (Å²) >= 11 is 0. The van der Waals surface area contributed by atoms with Gasteiger partial charge in [-0.05, 0) is 37.6 Å². The Kier molecular flexibility index (Phi) is 7.87. The molecule has 0 spiro atoms. The Balaban J connectivity index is 2.33. The predicted octanol–water partition coefficient (Wildman–Crippen LogP) is 2.84. The fourth-order valence-electron chi connectivity index (χ4n) is 3.06. The first kappa shape index (κ1) is 15.9. The second kappa shape index (κ2) is 8.89. The highest BCUT2D eigenvalue weighted by Crippen LogP contribution is 2.31. The number of nitrogens with one attached hydrogen (secondary N) is 1. The molecule has 3 heteroatoms. The van der Waals surface area contributed by atoms with Gasteiger partial charge in [-0.2, -0.15) is 0 Å². The van der Waals surface area contributed by atoms with Gasteiger partial charge in [0, 0.05) is 12.6 Å². The van der Waals surface area contributed by atoms with Crippen LogP contribution in [0.5, 0.6) is 0 Å². The maximum absolute atomic E-state index is 6.07. The van der Waals surface area contributed by atoms with E-state index in [4.69, 9.17) is 9.47 Å². The van der Waals surface area contributed by atoms with E-state index in [-0.39, 0.29) is 0 Å². The van der Waals surface area contributed by atoms with E-state index in [1.807, 2.05) is 0 Å². The number of hydrogen-bond donors (Lipinski definition) is 1. The molecule has 1 aliphatic carbocycles. The lowest BCUT2D eigenvalue weighted by atomic mass is 9.78. The molecule has 4 unspecified atom stereocenters. The van der Waals surface area contributed by atoms with Crippen LogP contribution in [0.25, 0.3) is 0 Å². The zero-order valence-corrected chi connectivity index (χ0v) is 12.6. The van der Waals surface area contributed by atoms with E-state index in [0.717, 1.165) is 38.7 Å². The minimum Gasteiger partial charge on any atom is -0.379 e. The molecule has 4 atom stereocenters. The normalized spacial score (nSPS) is 32.7. The summed E-state index contributed by atoms with van der Waals surface area (Å²) in [5.74, 6) is 1.45. The maximum Gasteiger partial charge on any atom is 0.0754 e. The van der Waals surface area contributed by atoms with Crippen molar-refractivity contribution in [1.29, 1.82) is 0 Å². The molecule has 0 bridgehead atoms. The van der Waals surface area contributed by atoms with Crippen LogP contribution in [-0.2, 0) is 9.47 Å².